The van der Waals surface area contributed by atoms with Crippen molar-refractivity contribution in [3.63, 3.8) is 0 Å². The second-order valence-electron chi connectivity index (χ2n) is 22.5. The van der Waals surface area contributed by atoms with Crippen molar-refractivity contribution < 1.29 is 64.6 Å². The molecule has 2 aliphatic rings. The number of carbonyl (C=O) groups excluding carboxylic acids is 1. The molecule has 0 bridgehead atoms. The van der Waals surface area contributed by atoms with Crippen molar-refractivity contribution in [1.29, 1.82) is 0 Å². The molecule has 0 radical (unpaired) electrons. The molecule has 2 fully saturated rings. The molecule has 14 nitrogen and oxygen atoms in total. The van der Waals surface area contributed by atoms with E-state index >= 15 is 0 Å². The van der Waals surface area contributed by atoms with E-state index in [0.29, 0.717) is 12.8 Å². The predicted molar refractivity (Wildman–Crippen MR) is 309 cm³/mol. The minimum atomic E-state index is -1.79. The van der Waals surface area contributed by atoms with Gasteiger partial charge in [-0.15, -0.1) is 0 Å². The second kappa shape index (κ2) is 48.9. The van der Waals surface area contributed by atoms with Crippen molar-refractivity contribution in [2.75, 3.05) is 19.8 Å². The fourth-order valence-electron chi connectivity index (χ4n) is 10.4. The molecule has 12 atom stereocenters. The van der Waals surface area contributed by atoms with Crippen molar-refractivity contribution in [2.45, 2.75) is 338 Å². The van der Waals surface area contributed by atoms with Gasteiger partial charge in [0.2, 0.25) is 5.91 Å². The summed E-state index contributed by atoms with van der Waals surface area (Å²) in [5, 5.41) is 87.2. The van der Waals surface area contributed by atoms with Gasteiger partial charge >= 0.3 is 0 Å². The minimum absolute atomic E-state index is 0.249. The molecular formula is C63H117NO13. The van der Waals surface area contributed by atoms with E-state index in [9.17, 15) is 45.6 Å². The number of hydrogen-bond donors (Lipinski definition) is 9. The van der Waals surface area contributed by atoms with E-state index in [-0.39, 0.29) is 18.9 Å². The highest BCUT2D eigenvalue weighted by Gasteiger charge is 2.51. The number of carbonyl (C=O) groups is 1. The molecule has 14 heteroatoms. The van der Waals surface area contributed by atoms with Crippen molar-refractivity contribution in [2.24, 2.45) is 0 Å². The Kier molecular flexibility index (Phi) is 45.3. The van der Waals surface area contributed by atoms with Crippen molar-refractivity contribution in [3.05, 3.63) is 36.5 Å². The summed E-state index contributed by atoms with van der Waals surface area (Å²) in [6.07, 6.45) is 43.3. The van der Waals surface area contributed by atoms with Crippen LogP contribution in [-0.4, -0.2) is 140 Å². The van der Waals surface area contributed by atoms with E-state index in [1.807, 2.05) is 6.08 Å². The highest BCUT2D eigenvalue weighted by atomic mass is 16.7. The minimum Gasteiger partial charge on any atom is -0.394 e. The zero-order chi connectivity index (χ0) is 56.0. The zero-order valence-electron chi connectivity index (χ0n) is 48.7. The normalized spacial score (nSPS) is 24.9. The summed E-state index contributed by atoms with van der Waals surface area (Å²) in [5.41, 5.74) is 0. The molecule has 0 aromatic carbocycles. The van der Waals surface area contributed by atoms with Crippen LogP contribution in [0.15, 0.2) is 36.5 Å². The van der Waals surface area contributed by atoms with Crippen LogP contribution in [0.2, 0.25) is 0 Å². The molecule has 2 saturated heterocycles. The SMILES string of the molecule is CCCCCCCCCCCCCC/C=C/CC/C=C/CC/C=C/C(O)C(COC1OC(CO)C(OC2OC(CO)C(O)C(O)C2O)C(O)C1O)NC(=O)CCCCCCCCCCCCCCCCCCCCCCC. The number of nitrogens with one attached hydrogen (secondary N) is 1. The smallest absolute Gasteiger partial charge is 0.220 e. The third-order valence-electron chi connectivity index (χ3n) is 15.6. The van der Waals surface area contributed by atoms with Crippen LogP contribution in [-0.2, 0) is 23.7 Å². The number of amides is 1. The monoisotopic (exact) mass is 1100 g/mol. The van der Waals surface area contributed by atoms with Crippen molar-refractivity contribution in [1.82, 2.24) is 5.32 Å². The van der Waals surface area contributed by atoms with Crippen LogP contribution in [0.5, 0.6) is 0 Å². The van der Waals surface area contributed by atoms with Crippen LogP contribution in [0.3, 0.4) is 0 Å². The summed E-state index contributed by atoms with van der Waals surface area (Å²) in [6.45, 7) is 2.81. The highest BCUT2D eigenvalue weighted by molar-refractivity contribution is 5.76. The number of aliphatic hydroxyl groups is 8. The number of aliphatic hydroxyl groups excluding tert-OH is 8. The molecule has 0 aromatic rings. The first-order valence-electron chi connectivity index (χ1n) is 31.7. The third kappa shape index (κ3) is 34.3. The van der Waals surface area contributed by atoms with Crippen LogP contribution in [0, 0.1) is 0 Å². The molecule has 0 spiro atoms. The van der Waals surface area contributed by atoms with Crippen LogP contribution < -0.4 is 5.32 Å². The molecule has 2 rings (SSSR count). The molecule has 9 N–H and O–H groups in total. The Morgan fingerprint density at radius 1 is 0.455 bits per heavy atom. The summed E-state index contributed by atoms with van der Waals surface area (Å²) in [7, 11) is 0. The van der Waals surface area contributed by atoms with Gasteiger partial charge < -0.3 is 65.1 Å². The lowest BCUT2D eigenvalue weighted by molar-refractivity contribution is -0.359. The largest absolute Gasteiger partial charge is 0.394 e. The molecule has 77 heavy (non-hydrogen) atoms. The molecule has 0 saturated carbocycles. The summed E-state index contributed by atoms with van der Waals surface area (Å²) in [4.78, 5) is 13.3. The Balaban J connectivity index is 1.76. The summed E-state index contributed by atoms with van der Waals surface area (Å²) < 4.78 is 22.8. The van der Waals surface area contributed by atoms with Crippen molar-refractivity contribution in [3.8, 4) is 0 Å². The number of ether oxygens (including phenoxy) is 4. The van der Waals surface area contributed by atoms with E-state index in [4.69, 9.17) is 18.9 Å². The first-order valence-corrected chi connectivity index (χ1v) is 31.7. The number of unbranched alkanes of at least 4 members (excludes halogenated alkanes) is 34. The number of rotatable bonds is 51. The standard InChI is InChI=1S/C63H117NO13/c1-3-5-7-9-11-13-15-17-19-21-23-25-27-28-30-32-34-36-38-40-42-44-46-52(67)51(50-74-62-60(73)58(71)61(54(49-66)76-62)77-63-59(72)57(70)56(69)53(48-65)75-63)64-55(68)47-45-43-41-39-37-35-33-31-29-26-24-22-20-18-16-14-12-10-8-6-4-2/h28,30,36,38,44,46,51-54,56-63,65-67,69-73H,3-27,29,31-35,37,39-43,45,47-50H2,1-2H3,(H,64,68)/b30-28+,38-36+,46-44+. The summed E-state index contributed by atoms with van der Waals surface area (Å²) in [6, 6.07) is -0.936. The highest BCUT2D eigenvalue weighted by Crippen LogP contribution is 2.30. The van der Waals surface area contributed by atoms with Gasteiger partial charge in [-0.2, -0.15) is 0 Å². The average molecular weight is 1100 g/mol. The lowest BCUT2D eigenvalue weighted by atomic mass is 9.97. The first kappa shape index (κ1) is 71.3. The second-order valence-corrected chi connectivity index (χ2v) is 22.5. The quantitative estimate of drug-likeness (QED) is 0.0204. The molecular weight excluding hydrogens is 979 g/mol. The van der Waals surface area contributed by atoms with E-state index in [1.165, 1.54) is 186 Å². The van der Waals surface area contributed by atoms with Crippen molar-refractivity contribution >= 4 is 5.91 Å². The van der Waals surface area contributed by atoms with E-state index in [1.54, 1.807) is 6.08 Å². The summed E-state index contributed by atoms with van der Waals surface area (Å²) in [5.74, 6) is -0.249. The zero-order valence-corrected chi connectivity index (χ0v) is 48.7. The number of hydrogen-bond acceptors (Lipinski definition) is 13. The number of allylic oxidation sites excluding steroid dienone is 5. The maximum Gasteiger partial charge on any atom is 0.220 e. The average Bonchev–Trinajstić information content (AvgIpc) is 3.44. The van der Waals surface area contributed by atoms with Gasteiger partial charge in [-0.05, 0) is 44.9 Å². The molecule has 2 aliphatic heterocycles. The van der Waals surface area contributed by atoms with E-state index in [2.05, 4.69) is 43.5 Å². The Morgan fingerprint density at radius 3 is 1.27 bits per heavy atom. The maximum absolute atomic E-state index is 13.3. The van der Waals surface area contributed by atoms with Gasteiger partial charge in [0.25, 0.3) is 0 Å². The molecule has 452 valence electrons. The van der Waals surface area contributed by atoms with Crippen LogP contribution in [0.4, 0.5) is 0 Å². The third-order valence-corrected chi connectivity index (χ3v) is 15.6. The molecule has 2 heterocycles. The molecule has 0 aromatic heterocycles. The van der Waals surface area contributed by atoms with Gasteiger partial charge in [0.1, 0.15) is 48.8 Å². The molecule has 12 unspecified atom stereocenters. The van der Waals surface area contributed by atoms with Gasteiger partial charge in [-0.3, -0.25) is 4.79 Å². The molecule has 0 aliphatic carbocycles. The van der Waals surface area contributed by atoms with E-state index in [0.717, 1.165) is 44.9 Å². The molecule has 1 amide bonds. The van der Waals surface area contributed by atoms with Gasteiger partial charge in [-0.25, -0.2) is 0 Å². The fourth-order valence-corrected chi connectivity index (χ4v) is 10.4. The summed E-state index contributed by atoms with van der Waals surface area (Å²) >= 11 is 0. The predicted octanol–water partition coefficient (Wildman–Crippen LogP) is 11.4. The maximum atomic E-state index is 13.3. The Hall–Kier alpha value is -1.79. The topological polar surface area (TPSA) is 228 Å². The van der Waals surface area contributed by atoms with Crippen LogP contribution in [0.1, 0.15) is 264 Å². The van der Waals surface area contributed by atoms with E-state index < -0.39 is 86.8 Å². The van der Waals surface area contributed by atoms with Gasteiger partial charge in [0.15, 0.2) is 12.6 Å². The lowest BCUT2D eigenvalue weighted by Gasteiger charge is -2.46. The van der Waals surface area contributed by atoms with Crippen LogP contribution >= 0.6 is 0 Å². The Bertz CT molecular complexity index is 1430. The van der Waals surface area contributed by atoms with Gasteiger partial charge in [0.05, 0.1) is 32.0 Å². The van der Waals surface area contributed by atoms with Gasteiger partial charge in [0, 0.05) is 6.42 Å². The lowest BCUT2D eigenvalue weighted by Crippen LogP contribution is -2.65. The fraction of sp³-hybridized carbons (Fsp3) is 0.889. The van der Waals surface area contributed by atoms with Crippen LogP contribution in [0.25, 0.3) is 0 Å². The Morgan fingerprint density at radius 2 is 0.831 bits per heavy atom. The Labute approximate surface area is 468 Å². The van der Waals surface area contributed by atoms with Gasteiger partial charge in [-0.1, -0.05) is 249 Å². The first-order chi connectivity index (χ1) is 37.6.